The number of imidazole rings is 1. The molecule has 216 valence electrons. The van der Waals surface area contributed by atoms with E-state index in [0.29, 0.717) is 48.9 Å². The smallest absolute Gasteiger partial charge is 0.407 e. The summed E-state index contributed by atoms with van der Waals surface area (Å²) in [5, 5.41) is 18.0. The van der Waals surface area contributed by atoms with E-state index in [1.54, 1.807) is 22.7 Å². The van der Waals surface area contributed by atoms with Crippen LogP contribution in [-0.4, -0.2) is 78.6 Å². The minimum Gasteiger partial charge on any atom is -0.491 e. The number of carbonyl (C=O) groups excluding carboxylic acids is 1. The second-order valence-corrected chi connectivity index (χ2v) is 10.1. The molecule has 2 N–H and O–H groups in total. The molecule has 0 aliphatic carbocycles. The molecule has 1 fully saturated rings. The van der Waals surface area contributed by atoms with Crippen molar-refractivity contribution in [1.82, 2.24) is 29.0 Å². The average Bonchev–Trinajstić information content (AvgIpc) is 3.58. The van der Waals surface area contributed by atoms with Crippen LogP contribution in [0.3, 0.4) is 0 Å². The largest absolute Gasteiger partial charge is 0.491 e. The molecular weight excluding hydrogens is 538 g/mol. The zero-order valence-corrected chi connectivity index (χ0v) is 23.4. The number of benzene rings is 1. The number of nitrogens with zero attached hydrogens (tertiary/aromatic N) is 6. The zero-order valence-electron chi connectivity index (χ0n) is 23.4. The lowest BCUT2D eigenvalue weighted by Gasteiger charge is -2.30. The van der Waals surface area contributed by atoms with Crippen molar-refractivity contribution in [3.05, 3.63) is 83.7 Å². The molecule has 1 aliphatic heterocycles. The summed E-state index contributed by atoms with van der Waals surface area (Å²) >= 11 is 0. The molecule has 5 aromatic rings. The highest BCUT2D eigenvalue weighted by molar-refractivity contribution is 6.08. The number of hydrogen-bond acceptors (Lipinski definition) is 7. The molecule has 12 heteroatoms. The molecule has 1 saturated heterocycles. The Kier molecular flexibility index (Phi) is 7.44. The molecule has 42 heavy (non-hydrogen) atoms. The molecule has 0 bridgehead atoms. The molecule has 4 aromatic heterocycles. The molecule has 2 amide bonds. The summed E-state index contributed by atoms with van der Waals surface area (Å²) < 4.78 is 15.1. The highest BCUT2D eigenvalue weighted by Gasteiger charge is 2.24. The summed E-state index contributed by atoms with van der Waals surface area (Å²) in [6.45, 7) is 5.66. The van der Waals surface area contributed by atoms with Gasteiger partial charge in [0.15, 0.2) is 0 Å². The van der Waals surface area contributed by atoms with E-state index in [0.717, 1.165) is 28.0 Å². The highest BCUT2D eigenvalue weighted by atomic mass is 16.5. The first-order chi connectivity index (χ1) is 20.4. The van der Waals surface area contributed by atoms with E-state index in [9.17, 15) is 14.7 Å². The van der Waals surface area contributed by atoms with E-state index in [4.69, 9.17) is 14.6 Å². The number of nitrogens with one attached hydrogen (secondary N) is 1. The Morgan fingerprint density at radius 3 is 2.86 bits per heavy atom. The number of ether oxygens (including phenoxy) is 2. The number of aromatic nitrogens is 5. The van der Waals surface area contributed by atoms with Gasteiger partial charge in [-0.2, -0.15) is 5.10 Å². The van der Waals surface area contributed by atoms with Crippen LogP contribution in [0.1, 0.15) is 34.5 Å². The number of morpholine rings is 1. The fraction of sp³-hybridized carbons (Fsp3) is 0.300. The predicted octanol–water partition coefficient (Wildman–Crippen LogP) is 4.01. The summed E-state index contributed by atoms with van der Waals surface area (Å²) in [7, 11) is 0. The van der Waals surface area contributed by atoms with Crippen molar-refractivity contribution in [2.24, 2.45) is 0 Å². The maximum absolute atomic E-state index is 13.5. The monoisotopic (exact) mass is 569 g/mol. The summed E-state index contributed by atoms with van der Waals surface area (Å²) in [6.07, 6.45) is 2.62. The van der Waals surface area contributed by atoms with E-state index in [1.807, 2.05) is 54.9 Å². The second-order valence-electron chi connectivity index (χ2n) is 10.1. The van der Waals surface area contributed by atoms with E-state index in [2.05, 4.69) is 15.3 Å². The van der Waals surface area contributed by atoms with Gasteiger partial charge in [-0.25, -0.2) is 9.78 Å². The Labute approximate surface area is 241 Å². The van der Waals surface area contributed by atoms with Crippen LogP contribution in [-0.2, 0) is 17.7 Å². The van der Waals surface area contributed by atoms with Gasteiger partial charge in [0.2, 0.25) is 0 Å². The van der Waals surface area contributed by atoms with Gasteiger partial charge in [0.25, 0.3) is 5.91 Å². The Balaban J connectivity index is 1.19. The van der Waals surface area contributed by atoms with E-state index in [-0.39, 0.29) is 25.2 Å². The van der Waals surface area contributed by atoms with Crippen molar-refractivity contribution in [2.75, 3.05) is 31.6 Å². The summed E-state index contributed by atoms with van der Waals surface area (Å²) in [5.41, 5.74) is 5.26. The number of fused-ring (bicyclic) bond motifs is 2. The summed E-state index contributed by atoms with van der Waals surface area (Å²) in [5.74, 6) is 0.243. The van der Waals surface area contributed by atoms with Crippen LogP contribution in [0.4, 0.5) is 10.5 Å². The maximum atomic E-state index is 13.5. The van der Waals surface area contributed by atoms with Crippen molar-refractivity contribution in [2.45, 2.75) is 32.9 Å². The van der Waals surface area contributed by atoms with Crippen molar-refractivity contribution in [3.8, 4) is 5.75 Å². The lowest BCUT2D eigenvalue weighted by molar-refractivity contribution is -0.0412. The molecule has 1 unspecified atom stereocenters. The number of carbonyl (C=O) groups is 2. The van der Waals surface area contributed by atoms with Crippen LogP contribution in [0.2, 0.25) is 0 Å². The van der Waals surface area contributed by atoms with Crippen LogP contribution in [0, 0.1) is 6.92 Å². The number of anilines is 1. The highest BCUT2D eigenvalue weighted by Crippen LogP contribution is 2.29. The van der Waals surface area contributed by atoms with Gasteiger partial charge in [0.1, 0.15) is 29.8 Å². The molecule has 6 rings (SSSR count). The number of rotatable bonds is 8. The van der Waals surface area contributed by atoms with Crippen molar-refractivity contribution in [3.63, 3.8) is 0 Å². The lowest BCUT2D eigenvalue weighted by atomic mass is 10.1. The molecule has 1 aliphatic rings. The van der Waals surface area contributed by atoms with Crippen LogP contribution in [0.25, 0.3) is 16.6 Å². The molecule has 0 radical (unpaired) electrons. The molecule has 5 heterocycles. The standard InChI is InChI=1S/C30H31N7O5/c1-3-23-28-24(8-5-9-25(28)37(34-23)16-20-7-4-6-19(2)32-20)33-29(38)26-15-31-27-14-21(10-11-36(26)27)42-18-22-17-35(30(39)40)12-13-41-22/h4-11,14-15,22H,3,12-13,16-18H2,1-2H3,(H,33,38)(H,39,40). The number of aryl methyl sites for hydroxylation is 2. The third kappa shape index (κ3) is 5.48. The first-order valence-corrected chi connectivity index (χ1v) is 13.8. The van der Waals surface area contributed by atoms with Gasteiger partial charge >= 0.3 is 6.09 Å². The molecule has 1 atom stereocenters. The van der Waals surface area contributed by atoms with Crippen molar-refractivity contribution in [1.29, 1.82) is 0 Å². The average molecular weight is 570 g/mol. The van der Waals surface area contributed by atoms with Gasteiger partial charge in [-0.1, -0.05) is 19.1 Å². The summed E-state index contributed by atoms with van der Waals surface area (Å²) in [4.78, 5) is 35.0. The fourth-order valence-corrected chi connectivity index (χ4v) is 5.21. The number of carboxylic acid groups (broad SMARTS) is 1. The minimum absolute atomic E-state index is 0.200. The quantitative estimate of drug-likeness (QED) is 0.286. The van der Waals surface area contributed by atoms with Crippen LogP contribution < -0.4 is 10.1 Å². The van der Waals surface area contributed by atoms with Gasteiger partial charge in [0.05, 0.1) is 48.5 Å². The third-order valence-electron chi connectivity index (χ3n) is 7.25. The Hall–Kier alpha value is -4.97. The van der Waals surface area contributed by atoms with Crippen molar-refractivity contribution >= 4 is 34.2 Å². The normalized spacial score (nSPS) is 15.3. The molecular formula is C30H31N7O5. The van der Waals surface area contributed by atoms with E-state index < -0.39 is 6.09 Å². The van der Waals surface area contributed by atoms with Gasteiger partial charge in [0, 0.05) is 29.9 Å². The van der Waals surface area contributed by atoms with Crippen LogP contribution in [0.5, 0.6) is 5.75 Å². The molecule has 0 saturated carbocycles. The molecule has 1 aromatic carbocycles. The zero-order chi connectivity index (χ0) is 29.2. The minimum atomic E-state index is -0.969. The first-order valence-electron chi connectivity index (χ1n) is 13.8. The Morgan fingerprint density at radius 2 is 2.05 bits per heavy atom. The first kappa shape index (κ1) is 27.2. The fourth-order valence-electron chi connectivity index (χ4n) is 5.21. The van der Waals surface area contributed by atoms with Crippen LogP contribution >= 0.6 is 0 Å². The topological polar surface area (TPSA) is 136 Å². The number of pyridine rings is 2. The number of hydrogen-bond donors (Lipinski definition) is 2. The summed E-state index contributed by atoms with van der Waals surface area (Å²) in [6, 6.07) is 15.2. The van der Waals surface area contributed by atoms with Gasteiger partial charge in [-0.05, 0) is 43.7 Å². The maximum Gasteiger partial charge on any atom is 0.407 e. The van der Waals surface area contributed by atoms with Crippen LogP contribution in [0.15, 0.2) is 60.9 Å². The third-order valence-corrected chi connectivity index (χ3v) is 7.25. The molecule has 0 spiro atoms. The SMILES string of the molecule is CCc1nn(Cc2cccc(C)n2)c2cccc(NC(=O)c3cnc4cc(OCC5CN(C(=O)O)CCO5)ccn34)c12. The van der Waals surface area contributed by atoms with Gasteiger partial charge in [-0.15, -0.1) is 0 Å². The van der Waals surface area contributed by atoms with Gasteiger partial charge < -0.3 is 24.8 Å². The lowest BCUT2D eigenvalue weighted by Crippen LogP contribution is -2.47. The Morgan fingerprint density at radius 1 is 1.19 bits per heavy atom. The van der Waals surface area contributed by atoms with Gasteiger partial charge in [-0.3, -0.25) is 18.9 Å². The van der Waals surface area contributed by atoms with E-state index >= 15 is 0 Å². The van der Waals surface area contributed by atoms with E-state index in [1.165, 1.54) is 11.1 Å². The Bertz CT molecular complexity index is 1780. The molecule has 12 nitrogen and oxygen atoms in total. The van der Waals surface area contributed by atoms with Crippen molar-refractivity contribution < 1.29 is 24.2 Å². The second kappa shape index (κ2) is 11.5. The predicted molar refractivity (Wildman–Crippen MR) is 155 cm³/mol. The number of amides is 2.